The molecule has 0 bridgehead atoms. The third-order valence-corrected chi connectivity index (χ3v) is 10.3. The molecule has 0 radical (unpaired) electrons. The highest BCUT2D eigenvalue weighted by molar-refractivity contribution is 6.12. The summed E-state index contributed by atoms with van der Waals surface area (Å²) in [6.07, 6.45) is 3.76. The van der Waals surface area contributed by atoms with E-state index in [4.69, 9.17) is 8.83 Å². The lowest BCUT2D eigenvalue weighted by molar-refractivity contribution is 0.669. The monoisotopic (exact) mass is 652 g/mol. The number of rotatable bonds is 4. The van der Waals surface area contributed by atoms with E-state index in [0.717, 1.165) is 93.4 Å². The first-order chi connectivity index (χ1) is 25.2. The number of furan rings is 2. The van der Waals surface area contributed by atoms with E-state index in [0.29, 0.717) is 0 Å². The fourth-order valence-corrected chi connectivity index (χ4v) is 7.70. The number of fused-ring (bicyclic) bond motifs is 9. The van der Waals surface area contributed by atoms with Gasteiger partial charge in [0.2, 0.25) is 0 Å². The van der Waals surface area contributed by atoms with E-state index in [1.807, 2.05) is 36.7 Å². The van der Waals surface area contributed by atoms with Gasteiger partial charge in [0, 0.05) is 56.4 Å². The summed E-state index contributed by atoms with van der Waals surface area (Å²) < 4.78 is 12.4. The number of pyridine rings is 1. The lowest BCUT2D eigenvalue weighted by Crippen LogP contribution is -2.09. The summed E-state index contributed by atoms with van der Waals surface area (Å²) >= 11 is 0. The van der Waals surface area contributed by atoms with Crippen molar-refractivity contribution >= 4 is 93.3 Å². The molecule has 0 spiro atoms. The van der Waals surface area contributed by atoms with E-state index >= 15 is 0 Å². The maximum Gasteiger partial charge on any atom is 0.136 e. The molecule has 8 aromatic carbocycles. The number of para-hydroxylation sites is 2. The van der Waals surface area contributed by atoms with Crippen LogP contribution >= 0.6 is 0 Å². The molecule has 3 heterocycles. The van der Waals surface area contributed by atoms with Crippen molar-refractivity contribution < 1.29 is 8.83 Å². The van der Waals surface area contributed by atoms with Crippen molar-refractivity contribution in [3.8, 4) is 11.1 Å². The van der Waals surface area contributed by atoms with Gasteiger partial charge in [0.05, 0.1) is 0 Å². The van der Waals surface area contributed by atoms with Crippen molar-refractivity contribution in [2.45, 2.75) is 0 Å². The Morgan fingerprint density at radius 2 is 0.882 bits per heavy atom. The smallest absolute Gasteiger partial charge is 0.136 e. The largest absolute Gasteiger partial charge is 0.456 e. The van der Waals surface area contributed by atoms with Crippen LogP contribution in [-0.4, -0.2) is 4.98 Å². The van der Waals surface area contributed by atoms with Crippen LogP contribution in [0.4, 0.5) is 17.1 Å². The second kappa shape index (κ2) is 10.8. The quantitative estimate of drug-likeness (QED) is 0.190. The van der Waals surface area contributed by atoms with Crippen LogP contribution in [0.1, 0.15) is 0 Å². The number of benzene rings is 8. The second-order valence-electron chi connectivity index (χ2n) is 13.3. The van der Waals surface area contributed by atoms with E-state index in [1.165, 1.54) is 10.9 Å². The zero-order chi connectivity index (χ0) is 33.5. The Hall–Kier alpha value is -6.91. The summed E-state index contributed by atoms with van der Waals surface area (Å²) in [6.45, 7) is 0. The van der Waals surface area contributed by atoms with Gasteiger partial charge in [-0.3, -0.25) is 4.98 Å². The van der Waals surface area contributed by atoms with E-state index in [2.05, 4.69) is 143 Å². The van der Waals surface area contributed by atoms with Crippen molar-refractivity contribution in [2.24, 2.45) is 0 Å². The lowest BCUT2D eigenvalue weighted by atomic mass is 10.0. The summed E-state index contributed by atoms with van der Waals surface area (Å²) in [6, 6.07) is 56.2. The summed E-state index contributed by atoms with van der Waals surface area (Å²) in [5.41, 5.74) is 9.19. The molecule has 11 rings (SSSR count). The van der Waals surface area contributed by atoms with Gasteiger partial charge >= 0.3 is 0 Å². The molecule has 11 aromatic rings. The number of hydrogen-bond donors (Lipinski definition) is 0. The van der Waals surface area contributed by atoms with Crippen molar-refractivity contribution in [2.75, 3.05) is 4.90 Å². The minimum Gasteiger partial charge on any atom is -0.456 e. The van der Waals surface area contributed by atoms with Crippen molar-refractivity contribution in [1.29, 1.82) is 0 Å². The molecule has 0 atom stereocenters. The molecule has 4 nitrogen and oxygen atoms in total. The van der Waals surface area contributed by atoms with Crippen LogP contribution < -0.4 is 4.90 Å². The first-order valence-electron chi connectivity index (χ1n) is 17.2. The summed E-state index contributed by atoms with van der Waals surface area (Å²) in [5.74, 6) is 0. The van der Waals surface area contributed by atoms with Crippen LogP contribution in [0.2, 0.25) is 0 Å². The average Bonchev–Trinajstić information content (AvgIpc) is 3.73. The van der Waals surface area contributed by atoms with Gasteiger partial charge in [0.25, 0.3) is 0 Å². The number of nitrogens with zero attached hydrogens (tertiary/aromatic N) is 2. The summed E-state index contributed by atoms with van der Waals surface area (Å²) in [5, 5.41) is 11.4. The molecule has 51 heavy (non-hydrogen) atoms. The molecule has 0 N–H and O–H groups in total. The predicted molar refractivity (Wildman–Crippen MR) is 211 cm³/mol. The van der Waals surface area contributed by atoms with Gasteiger partial charge in [-0.2, -0.15) is 0 Å². The maximum atomic E-state index is 6.22. The molecule has 0 saturated heterocycles. The van der Waals surface area contributed by atoms with Crippen molar-refractivity contribution in [3.63, 3.8) is 0 Å². The highest BCUT2D eigenvalue weighted by Gasteiger charge is 2.17. The SMILES string of the molecule is c1ccc2c(c1)oc1cc3ccc(N(c4ccc(-c5ccc6cnccc6c5)cc4)c4ccc5cc6oc7ccccc7c6cc5c4)cc3cc12. The summed E-state index contributed by atoms with van der Waals surface area (Å²) in [4.78, 5) is 6.63. The molecule has 0 amide bonds. The normalized spacial score (nSPS) is 11.9. The summed E-state index contributed by atoms with van der Waals surface area (Å²) in [7, 11) is 0. The van der Waals surface area contributed by atoms with Gasteiger partial charge < -0.3 is 13.7 Å². The molecule has 0 aliphatic carbocycles. The van der Waals surface area contributed by atoms with E-state index < -0.39 is 0 Å². The van der Waals surface area contributed by atoms with E-state index in [-0.39, 0.29) is 0 Å². The number of aromatic nitrogens is 1. The zero-order valence-corrected chi connectivity index (χ0v) is 27.4. The van der Waals surface area contributed by atoms with Gasteiger partial charge in [-0.05, 0) is 123 Å². The number of anilines is 3. The zero-order valence-electron chi connectivity index (χ0n) is 27.4. The topological polar surface area (TPSA) is 42.4 Å². The van der Waals surface area contributed by atoms with Crippen LogP contribution in [0.15, 0.2) is 179 Å². The first kappa shape index (κ1) is 28.0. The maximum absolute atomic E-state index is 6.22. The minimum atomic E-state index is 0.904. The Bertz CT molecular complexity index is 3000. The van der Waals surface area contributed by atoms with Gasteiger partial charge in [-0.25, -0.2) is 0 Å². The average molecular weight is 653 g/mol. The fraction of sp³-hybridized carbons (Fsp3) is 0. The molecular weight excluding hydrogens is 625 g/mol. The molecule has 0 unspecified atom stereocenters. The van der Waals surface area contributed by atoms with Crippen LogP contribution in [0.25, 0.3) is 87.3 Å². The Kier molecular flexibility index (Phi) is 5.92. The Morgan fingerprint density at radius 3 is 1.51 bits per heavy atom. The van der Waals surface area contributed by atoms with Crippen LogP contribution in [-0.2, 0) is 0 Å². The predicted octanol–water partition coefficient (Wildman–Crippen LogP) is 13.5. The van der Waals surface area contributed by atoms with Gasteiger partial charge in [0.15, 0.2) is 0 Å². The van der Waals surface area contributed by atoms with Gasteiger partial charge in [-0.1, -0.05) is 72.8 Å². The van der Waals surface area contributed by atoms with Crippen LogP contribution in [0, 0.1) is 0 Å². The standard InChI is InChI=1S/C47H28N2O2/c1-3-7-44-40(5-1)42-24-35-22-38(17-13-31(35)26-46(42)50-44)49(37-15-11-29(12-16-37)30-9-10-34-28-48-20-19-33(34)21-30)39-18-14-32-27-47-43(25-36(32)23-39)41-6-2-4-8-45(41)51-47/h1-28H. The Balaban J connectivity index is 1.08. The van der Waals surface area contributed by atoms with Crippen molar-refractivity contribution in [1.82, 2.24) is 4.98 Å². The molecule has 238 valence electrons. The minimum absolute atomic E-state index is 0.904. The first-order valence-corrected chi connectivity index (χ1v) is 17.2. The van der Waals surface area contributed by atoms with Gasteiger partial charge in [0.1, 0.15) is 22.3 Å². The van der Waals surface area contributed by atoms with E-state index in [1.54, 1.807) is 0 Å². The van der Waals surface area contributed by atoms with E-state index in [9.17, 15) is 0 Å². The molecular formula is C47H28N2O2. The molecule has 0 saturated carbocycles. The van der Waals surface area contributed by atoms with Gasteiger partial charge in [-0.15, -0.1) is 0 Å². The molecule has 0 fully saturated rings. The molecule has 3 aromatic heterocycles. The second-order valence-corrected chi connectivity index (χ2v) is 13.3. The fourth-order valence-electron chi connectivity index (χ4n) is 7.70. The van der Waals surface area contributed by atoms with Crippen molar-refractivity contribution in [3.05, 3.63) is 170 Å². The Labute approximate surface area is 292 Å². The third kappa shape index (κ3) is 4.50. The molecule has 0 aliphatic rings. The highest BCUT2D eigenvalue weighted by Crippen LogP contribution is 2.41. The molecule has 4 heteroatoms. The lowest BCUT2D eigenvalue weighted by Gasteiger charge is -2.26. The van der Waals surface area contributed by atoms with Crippen LogP contribution in [0.5, 0.6) is 0 Å². The van der Waals surface area contributed by atoms with Crippen LogP contribution in [0.3, 0.4) is 0 Å². The number of hydrogen-bond acceptors (Lipinski definition) is 4. The molecule has 0 aliphatic heterocycles. The highest BCUT2D eigenvalue weighted by atomic mass is 16.3. The Morgan fingerprint density at radius 1 is 0.353 bits per heavy atom. The third-order valence-electron chi connectivity index (χ3n) is 10.3.